The maximum Gasteiger partial charge on any atom is 0.151 e. The van der Waals surface area contributed by atoms with Gasteiger partial charge in [-0.15, -0.1) is 0 Å². The average molecular weight is 305 g/mol. The van der Waals surface area contributed by atoms with E-state index in [4.69, 9.17) is 0 Å². The molecule has 3 rings (SSSR count). The van der Waals surface area contributed by atoms with Crippen molar-refractivity contribution >= 4 is 9.84 Å². The van der Waals surface area contributed by atoms with E-state index in [1.807, 2.05) is 18.2 Å². The predicted octanol–water partition coefficient (Wildman–Crippen LogP) is 1.60. The van der Waals surface area contributed by atoms with Crippen molar-refractivity contribution in [2.75, 3.05) is 11.5 Å². The lowest BCUT2D eigenvalue weighted by Crippen LogP contribution is -2.35. The van der Waals surface area contributed by atoms with Gasteiger partial charge >= 0.3 is 0 Å². The Balaban J connectivity index is 1.77. The van der Waals surface area contributed by atoms with Crippen LogP contribution in [0.4, 0.5) is 0 Å². The van der Waals surface area contributed by atoms with Crippen molar-refractivity contribution in [1.29, 1.82) is 0 Å². The lowest BCUT2D eigenvalue weighted by atomic mass is 10.1. The molecule has 21 heavy (non-hydrogen) atoms. The number of H-pyrrole nitrogens is 1. The van der Waals surface area contributed by atoms with Gasteiger partial charge in [0.05, 0.1) is 18.1 Å². The smallest absolute Gasteiger partial charge is 0.151 e. The molecule has 1 N–H and O–H groups in total. The molecular formula is C15H19N3O2S. The van der Waals surface area contributed by atoms with Crippen LogP contribution in [0.3, 0.4) is 0 Å². The standard InChI is InChI=1S/C15H19N3O2S/c19-21(20)9-6-14(12-21)18(11-15-16-7-8-17-15)10-13-4-2-1-3-5-13/h1-5,7-8,14H,6,9-12H2,(H,16,17). The maximum absolute atomic E-state index is 11.8. The van der Waals surface area contributed by atoms with Gasteiger partial charge in [-0.3, -0.25) is 4.90 Å². The first-order valence-electron chi connectivity index (χ1n) is 7.09. The van der Waals surface area contributed by atoms with E-state index >= 15 is 0 Å². The van der Waals surface area contributed by atoms with E-state index in [9.17, 15) is 8.42 Å². The SMILES string of the molecule is O=S1(=O)CCC(N(Cc2ccccc2)Cc2ncc[nH]2)C1. The number of hydrogen-bond donors (Lipinski definition) is 1. The molecular weight excluding hydrogens is 286 g/mol. The van der Waals surface area contributed by atoms with Crippen molar-refractivity contribution in [1.82, 2.24) is 14.9 Å². The molecule has 6 heteroatoms. The van der Waals surface area contributed by atoms with E-state index in [-0.39, 0.29) is 11.8 Å². The minimum Gasteiger partial charge on any atom is -0.348 e. The quantitative estimate of drug-likeness (QED) is 0.911. The van der Waals surface area contributed by atoms with E-state index in [1.54, 1.807) is 12.4 Å². The van der Waals surface area contributed by atoms with E-state index < -0.39 is 9.84 Å². The first-order valence-corrected chi connectivity index (χ1v) is 8.91. The summed E-state index contributed by atoms with van der Waals surface area (Å²) in [6.07, 6.45) is 4.22. The second-order valence-electron chi connectivity index (χ2n) is 5.48. The van der Waals surface area contributed by atoms with Crippen LogP contribution in [0.25, 0.3) is 0 Å². The third-order valence-electron chi connectivity index (χ3n) is 3.86. The van der Waals surface area contributed by atoms with Gasteiger partial charge in [-0.25, -0.2) is 13.4 Å². The topological polar surface area (TPSA) is 66.1 Å². The number of nitrogens with zero attached hydrogens (tertiary/aromatic N) is 2. The molecule has 2 aromatic rings. The maximum atomic E-state index is 11.8. The number of nitrogens with one attached hydrogen (secondary N) is 1. The van der Waals surface area contributed by atoms with Crippen molar-refractivity contribution in [3.8, 4) is 0 Å². The molecule has 1 aromatic heterocycles. The number of imidazole rings is 1. The highest BCUT2D eigenvalue weighted by Crippen LogP contribution is 2.21. The summed E-state index contributed by atoms with van der Waals surface area (Å²) >= 11 is 0. The molecule has 0 bridgehead atoms. The van der Waals surface area contributed by atoms with Crippen LogP contribution >= 0.6 is 0 Å². The number of benzene rings is 1. The number of sulfone groups is 1. The summed E-state index contributed by atoms with van der Waals surface area (Å²) in [5, 5.41) is 0. The van der Waals surface area contributed by atoms with Crippen molar-refractivity contribution < 1.29 is 8.42 Å². The molecule has 1 aromatic carbocycles. The molecule has 112 valence electrons. The fourth-order valence-electron chi connectivity index (χ4n) is 2.77. The summed E-state index contributed by atoms with van der Waals surface area (Å²) in [6.45, 7) is 1.38. The normalized spacial score (nSPS) is 20.9. The van der Waals surface area contributed by atoms with Gasteiger partial charge in [0.15, 0.2) is 9.84 Å². The Bertz CT molecular complexity index is 668. The van der Waals surface area contributed by atoms with Gasteiger partial charge in [0.2, 0.25) is 0 Å². The zero-order valence-electron chi connectivity index (χ0n) is 11.8. The third-order valence-corrected chi connectivity index (χ3v) is 5.61. The Morgan fingerprint density at radius 3 is 2.67 bits per heavy atom. The van der Waals surface area contributed by atoms with Crippen molar-refractivity contribution in [2.45, 2.75) is 25.6 Å². The number of hydrogen-bond acceptors (Lipinski definition) is 4. The van der Waals surface area contributed by atoms with Crippen LogP contribution in [-0.2, 0) is 22.9 Å². The molecule has 1 unspecified atom stereocenters. The average Bonchev–Trinajstić information content (AvgIpc) is 3.08. The molecule has 0 spiro atoms. The molecule has 2 heterocycles. The molecule has 1 atom stereocenters. The molecule has 1 aliphatic heterocycles. The Hall–Kier alpha value is -1.66. The second-order valence-corrected chi connectivity index (χ2v) is 7.71. The highest BCUT2D eigenvalue weighted by molar-refractivity contribution is 7.91. The molecule has 5 nitrogen and oxygen atoms in total. The molecule has 1 fully saturated rings. The number of aromatic nitrogens is 2. The molecule has 0 aliphatic carbocycles. The number of rotatable bonds is 5. The fraction of sp³-hybridized carbons (Fsp3) is 0.400. The van der Waals surface area contributed by atoms with Gasteiger partial charge in [0, 0.05) is 25.0 Å². The first-order chi connectivity index (χ1) is 10.1. The minimum absolute atomic E-state index is 0.0697. The zero-order chi connectivity index (χ0) is 14.7. The monoisotopic (exact) mass is 305 g/mol. The van der Waals surface area contributed by atoms with Crippen LogP contribution < -0.4 is 0 Å². The van der Waals surface area contributed by atoms with Gasteiger partial charge < -0.3 is 4.98 Å². The lowest BCUT2D eigenvalue weighted by molar-refractivity contribution is 0.190. The van der Waals surface area contributed by atoms with Crippen LogP contribution in [0.5, 0.6) is 0 Å². The molecule has 1 saturated heterocycles. The van der Waals surface area contributed by atoms with Gasteiger partial charge in [-0.2, -0.15) is 0 Å². The predicted molar refractivity (Wildman–Crippen MR) is 81.3 cm³/mol. The lowest BCUT2D eigenvalue weighted by Gasteiger charge is -2.27. The fourth-order valence-corrected chi connectivity index (χ4v) is 4.53. The van der Waals surface area contributed by atoms with Gasteiger partial charge in [0.25, 0.3) is 0 Å². The molecule has 0 saturated carbocycles. The second kappa shape index (κ2) is 5.99. The molecule has 0 amide bonds. The Kier molecular flexibility index (Phi) is 4.07. The van der Waals surface area contributed by atoms with Crippen molar-refractivity contribution in [3.63, 3.8) is 0 Å². The summed E-state index contributed by atoms with van der Waals surface area (Å²) in [5.41, 5.74) is 1.19. The highest BCUT2D eigenvalue weighted by atomic mass is 32.2. The van der Waals surface area contributed by atoms with E-state index in [0.29, 0.717) is 18.7 Å². The van der Waals surface area contributed by atoms with Gasteiger partial charge in [-0.05, 0) is 12.0 Å². The van der Waals surface area contributed by atoms with Crippen LogP contribution in [-0.4, -0.2) is 40.8 Å². The summed E-state index contributed by atoms with van der Waals surface area (Å²) in [4.78, 5) is 9.56. The Morgan fingerprint density at radius 1 is 1.24 bits per heavy atom. The van der Waals surface area contributed by atoms with E-state index in [1.165, 1.54) is 5.56 Å². The Labute approximate surface area is 124 Å². The highest BCUT2D eigenvalue weighted by Gasteiger charge is 2.32. The van der Waals surface area contributed by atoms with Crippen molar-refractivity contribution in [3.05, 3.63) is 54.1 Å². The van der Waals surface area contributed by atoms with Crippen LogP contribution in [0, 0.1) is 0 Å². The van der Waals surface area contributed by atoms with Crippen LogP contribution in [0.15, 0.2) is 42.7 Å². The van der Waals surface area contributed by atoms with E-state index in [0.717, 1.165) is 12.4 Å². The van der Waals surface area contributed by atoms with Gasteiger partial charge in [0.1, 0.15) is 5.82 Å². The van der Waals surface area contributed by atoms with Crippen LogP contribution in [0.1, 0.15) is 17.8 Å². The molecule has 0 radical (unpaired) electrons. The van der Waals surface area contributed by atoms with Gasteiger partial charge in [-0.1, -0.05) is 30.3 Å². The number of aromatic amines is 1. The molecule has 1 aliphatic rings. The first kappa shape index (κ1) is 14.3. The summed E-state index contributed by atoms with van der Waals surface area (Å²) in [7, 11) is -2.88. The third kappa shape index (κ3) is 3.71. The van der Waals surface area contributed by atoms with E-state index in [2.05, 4.69) is 27.0 Å². The largest absolute Gasteiger partial charge is 0.348 e. The zero-order valence-corrected chi connectivity index (χ0v) is 12.6. The summed E-state index contributed by atoms with van der Waals surface area (Å²) < 4.78 is 23.5. The summed E-state index contributed by atoms with van der Waals surface area (Å²) in [5.74, 6) is 1.41. The Morgan fingerprint density at radius 2 is 2.05 bits per heavy atom. The summed E-state index contributed by atoms with van der Waals surface area (Å²) in [6, 6.07) is 10.2. The minimum atomic E-state index is -2.88. The van der Waals surface area contributed by atoms with Crippen LogP contribution in [0.2, 0.25) is 0 Å². The van der Waals surface area contributed by atoms with Crippen molar-refractivity contribution in [2.24, 2.45) is 0 Å².